The molecule has 3 fully saturated rings. The number of carbonyl (C=O) groups excluding carboxylic acids is 2. The van der Waals surface area contributed by atoms with Gasteiger partial charge in [0.15, 0.2) is 0 Å². The molecule has 4 aromatic rings. The predicted octanol–water partition coefficient (Wildman–Crippen LogP) is 5.27. The van der Waals surface area contributed by atoms with Crippen molar-refractivity contribution < 1.29 is 28.9 Å². The molecule has 3 saturated heterocycles. The second-order valence-electron chi connectivity index (χ2n) is 17.2. The van der Waals surface area contributed by atoms with Gasteiger partial charge in [0, 0.05) is 32.7 Å². The van der Waals surface area contributed by atoms with Crippen LogP contribution in [-0.2, 0) is 44.7 Å². The van der Waals surface area contributed by atoms with Gasteiger partial charge in [-0.3, -0.25) is 9.59 Å². The number of hydrogen-bond donors (Lipinski definition) is 3. The highest BCUT2D eigenvalue weighted by Crippen LogP contribution is 2.36. The van der Waals surface area contributed by atoms with E-state index in [1.807, 2.05) is 40.1 Å². The van der Waals surface area contributed by atoms with Crippen LogP contribution in [0.1, 0.15) is 106 Å². The summed E-state index contributed by atoms with van der Waals surface area (Å²) in [6, 6.07) is 32.3. The first-order valence-electron chi connectivity index (χ1n) is 21.1. The first-order valence-corrected chi connectivity index (χ1v) is 21.1. The number of nitrogens with two attached hydrogens (primary N) is 1. The number of amides is 2. The van der Waals surface area contributed by atoms with Gasteiger partial charge in [-0.1, -0.05) is 104 Å². The monoisotopic (exact) mass is 785 g/mol. The molecule has 0 bridgehead atoms. The quantitative estimate of drug-likeness (QED) is 0.187. The van der Waals surface area contributed by atoms with Crippen molar-refractivity contribution >= 4 is 37.0 Å². The summed E-state index contributed by atoms with van der Waals surface area (Å²) in [5.74, 6) is 1.32. The Morgan fingerprint density at radius 1 is 0.672 bits per heavy atom. The first-order chi connectivity index (χ1) is 27.7. The Morgan fingerprint density at radius 2 is 1.12 bits per heavy atom. The summed E-state index contributed by atoms with van der Waals surface area (Å²) in [6.07, 6.45) is 5.75. The number of rotatable bonds is 10. The molecule has 0 radical (unpaired) electrons. The molecule has 0 unspecified atom stereocenters. The van der Waals surface area contributed by atoms with Crippen LogP contribution in [0.15, 0.2) is 97.1 Å². The molecular weight excluding hydrogens is 724 g/mol. The van der Waals surface area contributed by atoms with E-state index in [1.54, 1.807) is 18.2 Å². The molecule has 0 atom stereocenters. The van der Waals surface area contributed by atoms with Crippen LogP contribution in [0.4, 0.5) is 0 Å². The highest BCUT2D eigenvalue weighted by atomic mass is 16.7. The topological polar surface area (TPSA) is 126 Å². The third-order valence-electron chi connectivity index (χ3n) is 12.6. The summed E-state index contributed by atoms with van der Waals surface area (Å²) >= 11 is 0. The normalized spacial score (nSPS) is 18.1. The highest BCUT2D eigenvalue weighted by Gasteiger charge is 2.51. The third kappa shape index (κ3) is 10.9. The van der Waals surface area contributed by atoms with Crippen molar-refractivity contribution in [3.8, 4) is 0 Å². The van der Waals surface area contributed by atoms with Crippen LogP contribution in [0.5, 0.6) is 0 Å². The molecule has 9 nitrogen and oxygen atoms in total. The Hall–Kier alpha value is -4.25. The molecule has 3 aliphatic heterocycles. The summed E-state index contributed by atoms with van der Waals surface area (Å²) < 4.78 is 12.4. The molecule has 4 N–H and O–H groups in total. The first kappa shape index (κ1) is 43.3. The SMILES string of the molecule is CCc1cccc(C2CCN(C(=O)Cc3cccc(B4OC(C)(C)C(C)(C)O4)c3)CC2)c1.NCc1cccc(C2CCN(C(=O)Cc3cccc(B(O)O)c3)CC2)c1. The summed E-state index contributed by atoms with van der Waals surface area (Å²) in [5, 5.41) is 18.5. The van der Waals surface area contributed by atoms with Crippen LogP contribution in [0.25, 0.3) is 0 Å². The van der Waals surface area contributed by atoms with Gasteiger partial charge in [0.2, 0.25) is 11.8 Å². The van der Waals surface area contributed by atoms with E-state index < -0.39 is 14.2 Å². The molecule has 0 spiro atoms. The van der Waals surface area contributed by atoms with Gasteiger partial charge in [-0.15, -0.1) is 0 Å². The zero-order valence-electron chi connectivity index (χ0n) is 35.0. The Morgan fingerprint density at radius 3 is 1.62 bits per heavy atom. The number of piperidine rings is 2. The van der Waals surface area contributed by atoms with Gasteiger partial charge in [-0.25, -0.2) is 0 Å². The zero-order valence-corrected chi connectivity index (χ0v) is 35.0. The molecule has 0 aliphatic carbocycles. The van der Waals surface area contributed by atoms with Crippen molar-refractivity contribution in [1.82, 2.24) is 9.80 Å². The largest absolute Gasteiger partial charge is 0.494 e. The van der Waals surface area contributed by atoms with E-state index in [0.717, 1.165) is 80.4 Å². The van der Waals surface area contributed by atoms with E-state index in [-0.39, 0.29) is 29.4 Å². The van der Waals surface area contributed by atoms with Crippen molar-refractivity contribution in [1.29, 1.82) is 0 Å². The minimum Gasteiger partial charge on any atom is -0.423 e. The van der Waals surface area contributed by atoms with Crippen LogP contribution in [0, 0.1) is 0 Å². The molecule has 0 aromatic heterocycles. The van der Waals surface area contributed by atoms with Gasteiger partial charge in [0.05, 0.1) is 24.0 Å². The van der Waals surface area contributed by atoms with Crippen LogP contribution < -0.4 is 16.7 Å². The van der Waals surface area contributed by atoms with Gasteiger partial charge >= 0.3 is 14.2 Å². The van der Waals surface area contributed by atoms with E-state index in [0.29, 0.717) is 30.3 Å². The Bertz CT molecular complexity index is 1990. The Balaban J connectivity index is 0.000000200. The average molecular weight is 786 g/mol. The number of hydrogen-bond acceptors (Lipinski definition) is 7. The Labute approximate surface area is 346 Å². The molecule has 4 aromatic carbocycles. The fourth-order valence-electron chi connectivity index (χ4n) is 8.23. The summed E-state index contributed by atoms with van der Waals surface area (Å²) in [4.78, 5) is 29.5. The van der Waals surface area contributed by atoms with Crippen LogP contribution >= 0.6 is 0 Å². The lowest BCUT2D eigenvalue weighted by Gasteiger charge is -2.32. The molecule has 7 rings (SSSR count). The smallest absolute Gasteiger partial charge is 0.423 e. The summed E-state index contributed by atoms with van der Waals surface area (Å²) in [5.41, 5.74) is 13.5. The van der Waals surface area contributed by atoms with E-state index >= 15 is 0 Å². The minimum absolute atomic E-state index is 0.0868. The standard InChI is InChI=1S/C27H36BNO3.C20H25BN2O3/c1-6-20-9-7-11-23(17-20)22-13-15-29(16-14-22)25(30)19-21-10-8-12-24(18-21)28-31-26(2,3)27(4,5)32-28;22-14-16-4-1-5-18(11-16)17-7-9-23(10-8-17)20(24)13-15-3-2-6-19(12-15)21(25)26/h7-12,17-18,22H,6,13-16,19H2,1-5H3;1-6,11-12,17,25-26H,7-10,13-14,22H2. The molecule has 58 heavy (non-hydrogen) atoms. The molecule has 3 aliphatic rings. The maximum absolute atomic E-state index is 13.0. The predicted molar refractivity (Wildman–Crippen MR) is 233 cm³/mol. The summed E-state index contributed by atoms with van der Waals surface area (Å²) in [6.45, 7) is 14.1. The van der Waals surface area contributed by atoms with Crippen LogP contribution in [0.2, 0.25) is 0 Å². The molecular formula is C47H61B2N3O6. The lowest BCUT2D eigenvalue weighted by molar-refractivity contribution is -0.132. The van der Waals surface area contributed by atoms with Crippen molar-refractivity contribution in [3.05, 3.63) is 130 Å². The lowest BCUT2D eigenvalue weighted by Crippen LogP contribution is -2.41. The molecule has 2 amide bonds. The van der Waals surface area contributed by atoms with E-state index in [1.165, 1.54) is 16.7 Å². The second-order valence-corrected chi connectivity index (χ2v) is 17.2. The Kier molecular flexibility index (Phi) is 14.4. The van der Waals surface area contributed by atoms with Gasteiger partial charge < -0.3 is 34.9 Å². The van der Waals surface area contributed by atoms with Crippen LogP contribution in [-0.4, -0.2) is 83.3 Å². The van der Waals surface area contributed by atoms with Gasteiger partial charge in [0.25, 0.3) is 0 Å². The maximum Gasteiger partial charge on any atom is 0.494 e. The average Bonchev–Trinajstić information content (AvgIpc) is 3.46. The third-order valence-corrected chi connectivity index (χ3v) is 12.6. The van der Waals surface area contributed by atoms with Gasteiger partial charge in [0.1, 0.15) is 0 Å². The summed E-state index contributed by atoms with van der Waals surface area (Å²) in [7, 11) is -1.91. The van der Waals surface area contributed by atoms with Gasteiger partial charge in [-0.2, -0.15) is 0 Å². The van der Waals surface area contributed by atoms with E-state index in [2.05, 4.69) is 83.1 Å². The second kappa shape index (κ2) is 19.2. The highest BCUT2D eigenvalue weighted by molar-refractivity contribution is 6.62. The number of carbonyl (C=O) groups is 2. The maximum atomic E-state index is 13.0. The fraction of sp³-hybridized carbons (Fsp3) is 0.447. The van der Waals surface area contributed by atoms with Crippen molar-refractivity contribution in [3.63, 3.8) is 0 Å². The minimum atomic E-state index is -1.51. The van der Waals surface area contributed by atoms with Crippen molar-refractivity contribution in [2.24, 2.45) is 5.73 Å². The van der Waals surface area contributed by atoms with E-state index in [4.69, 9.17) is 15.0 Å². The number of benzene rings is 4. The number of nitrogens with zero attached hydrogens (tertiary/aromatic N) is 2. The zero-order chi connectivity index (χ0) is 41.5. The molecule has 0 saturated carbocycles. The van der Waals surface area contributed by atoms with E-state index in [9.17, 15) is 19.6 Å². The lowest BCUT2D eigenvalue weighted by atomic mass is 9.78. The molecule has 11 heteroatoms. The van der Waals surface area contributed by atoms with Crippen molar-refractivity contribution in [2.45, 2.75) is 109 Å². The fourth-order valence-corrected chi connectivity index (χ4v) is 8.23. The number of likely N-dealkylation sites (tertiary alicyclic amines) is 2. The molecule has 3 heterocycles. The van der Waals surface area contributed by atoms with Crippen LogP contribution in [0.3, 0.4) is 0 Å². The van der Waals surface area contributed by atoms with Gasteiger partial charge in [-0.05, 0) is 116 Å². The number of aryl methyl sites for hydroxylation is 1. The molecule has 306 valence electrons. The van der Waals surface area contributed by atoms with Crippen molar-refractivity contribution in [2.75, 3.05) is 26.2 Å².